The highest BCUT2D eigenvalue weighted by molar-refractivity contribution is 5.85. The van der Waals surface area contributed by atoms with Gasteiger partial charge in [-0.15, -0.1) is 0 Å². The molecule has 1 fully saturated rings. The van der Waals surface area contributed by atoms with Gasteiger partial charge in [0.25, 0.3) is 0 Å². The van der Waals surface area contributed by atoms with Crippen molar-refractivity contribution in [3.63, 3.8) is 0 Å². The lowest BCUT2D eigenvalue weighted by atomic mass is 9.72. The summed E-state index contributed by atoms with van der Waals surface area (Å²) in [5.74, 6) is 0.741. The van der Waals surface area contributed by atoms with Crippen LogP contribution in [0.2, 0.25) is 0 Å². The minimum atomic E-state index is -0.762. The third kappa shape index (κ3) is 5.88. The Kier molecular flexibility index (Phi) is 7.79. The Morgan fingerprint density at radius 1 is 1.03 bits per heavy atom. The summed E-state index contributed by atoms with van der Waals surface area (Å²) >= 11 is 0. The summed E-state index contributed by atoms with van der Waals surface area (Å²) < 4.78 is 26.7. The SMILES string of the molecule is COc1ccc(F)c(-c2ccc(COc3cccc(C(CC(=O)O)C4CCC4)c3)cc2C2=CCCC2(C)C)c1. The zero-order chi connectivity index (χ0) is 27.6. The van der Waals surface area contributed by atoms with Gasteiger partial charge in [0, 0.05) is 5.56 Å². The summed E-state index contributed by atoms with van der Waals surface area (Å²) in [6, 6.07) is 18.8. The Morgan fingerprint density at radius 3 is 2.51 bits per heavy atom. The maximum atomic E-state index is 15.1. The first kappa shape index (κ1) is 27.0. The molecule has 0 aromatic heterocycles. The molecule has 0 heterocycles. The Labute approximate surface area is 230 Å². The molecule has 1 atom stereocenters. The first-order valence-corrected chi connectivity index (χ1v) is 13.9. The molecule has 4 nitrogen and oxygen atoms in total. The second kappa shape index (κ2) is 11.3. The highest BCUT2D eigenvalue weighted by Crippen LogP contribution is 2.47. The molecular formula is C34H37FO4. The van der Waals surface area contributed by atoms with Gasteiger partial charge < -0.3 is 14.6 Å². The van der Waals surface area contributed by atoms with Gasteiger partial charge in [0.1, 0.15) is 23.9 Å². The number of halogens is 1. The smallest absolute Gasteiger partial charge is 0.303 e. The number of ether oxygens (including phenoxy) is 2. The predicted molar refractivity (Wildman–Crippen MR) is 152 cm³/mol. The second-order valence-electron chi connectivity index (χ2n) is 11.5. The molecule has 5 rings (SSSR count). The van der Waals surface area contributed by atoms with E-state index < -0.39 is 5.97 Å². The van der Waals surface area contributed by atoms with Crippen LogP contribution in [0.3, 0.4) is 0 Å². The van der Waals surface area contributed by atoms with Crippen molar-refractivity contribution in [2.75, 3.05) is 7.11 Å². The third-order valence-electron chi connectivity index (χ3n) is 8.49. The maximum absolute atomic E-state index is 15.1. The standard InChI is InChI=1S/C34H37FO4/c1-34(2)16-6-11-31(34)29-17-22(12-14-27(29)30-19-25(38-3)13-15-32(30)35)21-39-26-10-5-9-24(18-26)28(20-33(36)37)23-7-4-8-23/h5,9-15,17-19,23,28H,4,6-8,16,20-21H2,1-3H3,(H,36,37). The number of benzene rings is 3. The molecule has 1 N–H and O–H groups in total. The van der Waals surface area contributed by atoms with Gasteiger partial charge in [-0.2, -0.15) is 0 Å². The molecule has 3 aromatic carbocycles. The number of aliphatic carboxylic acids is 1. The third-order valence-corrected chi connectivity index (χ3v) is 8.49. The average molecular weight is 529 g/mol. The van der Waals surface area contributed by atoms with E-state index in [-0.39, 0.29) is 23.6 Å². The van der Waals surface area contributed by atoms with E-state index in [0.29, 0.717) is 23.8 Å². The Balaban J connectivity index is 1.43. The highest BCUT2D eigenvalue weighted by Gasteiger charge is 2.31. The first-order chi connectivity index (χ1) is 18.7. The van der Waals surface area contributed by atoms with Crippen molar-refractivity contribution >= 4 is 11.5 Å². The van der Waals surface area contributed by atoms with Crippen molar-refractivity contribution in [2.45, 2.75) is 64.9 Å². The summed E-state index contributed by atoms with van der Waals surface area (Å²) in [6.45, 7) is 4.84. The number of carboxylic acid groups (broad SMARTS) is 1. The van der Waals surface area contributed by atoms with Crippen molar-refractivity contribution in [1.29, 1.82) is 0 Å². The monoisotopic (exact) mass is 528 g/mol. The molecule has 1 saturated carbocycles. The van der Waals surface area contributed by atoms with E-state index in [1.165, 1.54) is 18.1 Å². The number of hydrogen-bond acceptors (Lipinski definition) is 3. The lowest BCUT2D eigenvalue weighted by molar-refractivity contribution is -0.138. The van der Waals surface area contributed by atoms with E-state index in [4.69, 9.17) is 9.47 Å². The maximum Gasteiger partial charge on any atom is 0.303 e. The molecule has 39 heavy (non-hydrogen) atoms. The zero-order valence-electron chi connectivity index (χ0n) is 23.0. The minimum absolute atomic E-state index is 0.0139. The topological polar surface area (TPSA) is 55.8 Å². The fraction of sp³-hybridized carbons (Fsp3) is 0.382. The van der Waals surface area contributed by atoms with E-state index in [1.807, 2.05) is 36.4 Å². The molecule has 1 unspecified atom stereocenters. The van der Waals surface area contributed by atoms with E-state index >= 15 is 4.39 Å². The van der Waals surface area contributed by atoms with E-state index in [2.05, 4.69) is 26.0 Å². The summed E-state index contributed by atoms with van der Waals surface area (Å²) in [5.41, 5.74) is 5.61. The van der Waals surface area contributed by atoms with Gasteiger partial charge in [0.2, 0.25) is 0 Å². The van der Waals surface area contributed by atoms with Crippen LogP contribution >= 0.6 is 0 Å². The molecule has 3 aromatic rings. The largest absolute Gasteiger partial charge is 0.497 e. The first-order valence-electron chi connectivity index (χ1n) is 13.9. The van der Waals surface area contributed by atoms with Crippen molar-refractivity contribution in [3.05, 3.63) is 89.2 Å². The van der Waals surface area contributed by atoms with Crippen LogP contribution in [0, 0.1) is 17.2 Å². The zero-order valence-corrected chi connectivity index (χ0v) is 23.0. The molecule has 0 aliphatic heterocycles. The summed E-state index contributed by atoms with van der Waals surface area (Å²) in [4.78, 5) is 11.5. The van der Waals surface area contributed by atoms with Crippen LogP contribution < -0.4 is 9.47 Å². The van der Waals surface area contributed by atoms with Gasteiger partial charge in [0.05, 0.1) is 13.5 Å². The number of carboxylic acids is 1. The van der Waals surface area contributed by atoms with Crippen LogP contribution in [0.15, 0.2) is 66.7 Å². The van der Waals surface area contributed by atoms with Gasteiger partial charge in [0.15, 0.2) is 0 Å². The normalized spacial score (nSPS) is 17.3. The minimum Gasteiger partial charge on any atom is -0.497 e. The fourth-order valence-electron chi connectivity index (χ4n) is 6.03. The van der Waals surface area contributed by atoms with Crippen LogP contribution in [0.1, 0.15) is 75.0 Å². The van der Waals surface area contributed by atoms with Gasteiger partial charge in [-0.3, -0.25) is 4.79 Å². The molecule has 0 amide bonds. The summed E-state index contributed by atoms with van der Waals surface area (Å²) in [7, 11) is 1.59. The molecule has 0 radical (unpaired) electrons. The van der Waals surface area contributed by atoms with Crippen LogP contribution in [-0.2, 0) is 11.4 Å². The van der Waals surface area contributed by atoms with Crippen LogP contribution in [0.25, 0.3) is 16.7 Å². The van der Waals surface area contributed by atoms with E-state index in [0.717, 1.165) is 53.7 Å². The Morgan fingerprint density at radius 2 is 1.85 bits per heavy atom. The number of hydrogen-bond donors (Lipinski definition) is 1. The summed E-state index contributed by atoms with van der Waals surface area (Å²) in [6.07, 6.45) is 7.79. The van der Waals surface area contributed by atoms with Crippen LogP contribution in [-0.4, -0.2) is 18.2 Å². The molecule has 0 spiro atoms. The number of carbonyl (C=O) groups is 1. The molecule has 0 saturated heterocycles. The molecule has 204 valence electrons. The second-order valence-corrected chi connectivity index (χ2v) is 11.5. The number of methoxy groups -OCH3 is 1. The van der Waals surface area contributed by atoms with E-state index in [1.54, 1.807) is 19.2 Å². The summed E-state index contributed by atoms with van der Waals surface area (Å²) in [5, 5.41) is 9.47. The number of rotatable bonds is 10. The quantitative estimate of drug-likeness (QED) is 0.286. The van der Waals surface area contributed by atoms with Crippen molar-refractivity contribution in [3.8, 4) is 22.6 Å². The Bertz CT molecular complexity index is 1390. The van der Waals surface area contributed by atoms with Crippen molar-refractivity contribution in [2.24, 2.45) is 11.3 Å². The van der Waals surface area contributed by atoms with Gasteiger partial charge in [-0.05, 0) is 107 Å². The van der Waals surface area contributed by atoms with Gasteiger partial charge >= 0.3 is 5.97 Å². The molecule has 5 heteroatoms. The average Bonchev–Trinajstić information content (AvgIpc) is 3.25. The van der Waals surface area contributed by atoms with Crippen LogP contribution in [0.5, 0.6) is 11.5 Å². The van der Waals surface area contributed by atoms with Crippen molar-refractivity contribution < 1.29 is 23.8 Å². The van der Waals surface area contributed by atoms with Gasteiger partial charge in [-0.25, -0.2) is 4.39 Å². The molecule has 2 aliphatic carbocycles. The fourth-order valence-corrected chi connectivity index (χ4v) is 6.03. The van der Waals surface area contributed by atoms with Crippen LogP contribution in [0.4, 0.5) is 4.39 Å². The lowest BCUT2D eigenvalue weighted by Gasteiger charge is -2.33. The lowest BCUT2D eigenvalue weighted by Crippen LogP contribution is -2.22. The van der Waals surface area contributed by atoms with Gasteiger partial charge in [-0.1, -0.05) is 50.6 Å². The highest BCUT2D eigenvalue weighted by atomic mass is 19.1. The van der Waals surface area contributed by atoms with E-state index in [9.17, 15) is 9.90 Å². The molecular weight excluding hydrogens is 491 g/mol. The molecule has 2 aliphatic rings. The molecule has 0 bridgehead atoms. The van der Waals surface area contributed by atoms with Crippen molar-refractivity contribution in [1.82, 2.24) is 0 Å². The number of allylic oxidation sites excluding steroid dienone is 2. The Hall–Kier alpha value is -3.60. The predicted octanol–water partition coefficient (Wildman–Crippen LogP) is 8.64.